The second-order valence-corrected chi connectivity index (χ2v) is 8.31. The average molecular weight is 392 g/mol. The van der Waals surface area contributed by atoms with E-state index in [1.54, 1.807) is 18.5 Å². The fourth-order valence-corrected chi connectivity index (χ4v) is 3.56. The summed E-state index contributed by atoms with van der Waals surface area (Å²) in [5.74, 6) is -0.228. The van der Waals surface area contributed by atoms with E-state index in [-0.39, 0.29) is 11.8 Å². The third kappa shape index (κ3) is 3.41. The van der Waals surface area contributed by atoms with Crippen LogP contribution in [0.3, 0.4) is 0 Å². The minimum atomic E-state index is -4.39. The Morgan fingerprint density at radius 3 is 2.54 bits per heavy atom. The SMILES string of the molecule is CN1Cc2cn(C(C)(C)C(=O)Nc3ccc(C(F)(F)F)cc3C3CC3)nc2C1. The summed E-state index contributed by atoms with van der Waals surface area (Å²) < 4.78 is 40.8. The number of alkyl halides is 3. The molecule has 1 aliphatic carbocycles. The van der Waals surface area contributed by atoms with Crippen LogP contribution >= 0.6 is 0 Å². The molecule has 1 aromatic heterocycles. The van der Waals surface area contributed by atoms with Crippen molar-refractivity contribution in [1.82, 2.24) is 14.7 Å². The molecular weight excluding hydrogens is 369 g/mol. The Hall–Kier alpha value is -2.35. The molecule has 1 aromatic carbocycles. The molecule has 0 spiro atoms. The quantitative estimate of drug-likeness (QED) is 0.852. The number of amides is 1. The Balaban J connectivity index is 1.58. The average Bonchev–Trinajstić information content (AvgIpc) is 3.27. The van der Waals surface area contributed by atoms with Gasteiger partial charge in [0.15, 0.2) is 0 Å². The lowest BCUT2D eigenvalue weighted by molar-refractivity contribution is -0.137. The van der Waals surface area contributed by atoms with Crippen molar-refractivity contribution in [3.05, 3.63) is 46.8 Å². The predicted molar refractivity (Wildman–Crippen MR) is 98.8 cm³/mol. The molecule has 4 rings (SSSR count). The van der Waals surface area contributed by atoms with E-state index in [2.05, 4.69) is 15.3 Å². The molecule has 0 bridgehead atoms. The Morgan fingerprint density at radius 2 is 1.93 bits per heavy atom. The van der Waals surface area contributed by atoms with E-state index < -0.39 is 17.3 Å². The third-order valence-corrected chi connectivity index (χ3v) is 5.51. The molecule has 1 saturated carbocycles. The number of carbonyl (C=O) groups excluding carboxylic acids is 1. The van der Waals surface area contributed by atoms with E-state index in [9.17, 15) is 18.0 Å². The largest absolute Gasteiger partial charge is 0.416 e. The van der Waals surface area contributed by atoms with E-state index in [0.29, 0.717) is 11.3 Å². The van der Waals surface area contributed by atoms with Crippen molar-refractivity contribution in [1.29, 1.82) is 0 Å². The zero-order valence-electron chi connectivity index (χ0n) is 16.1. The molecule has 150 valence electrons. The van der Waals surface area contributed by atoms with Gasteiger partial charge in [-0.15, -0.1) is 0 Å². The second kappa shape index (κ2) is 6.34. The molecule has 5 nitrogen and oxygen atoms in total. The van der Waals surface area contributed by atoms with Gasteiger partial charge in [0.05, 0.1) is 11.3 Å². The predicted octanol–water partition coefficient (Wildman–Crippen LogP) is 4.10. The number of halogens is 3. The van der Waals surface area contributed by atoms with Crippen molar-refractivity contribution in [3.8, 4) is 0 Å². The highest BCUT2D eigenvalue weighted by Crippen LogP contribution is 2.45. The summed E-state index contributed by atoms with van der Waals surface area (Å²) in [6.45, 7) is 5.05. The number of nitrogens with zero attached hydrogens (tertiary/aromatic N) is 3. The fourth-order valence-electron chi connectivity index (χ4n) is 3.56. The van der Waals surface area contributed by atoms with E-state index in [1.165, 1.54) is 12.1 Å². The standard InChI is InChI=1S/C20H23F3N4O/c1-19(2,27-10-13-9-26(3)11-17(13)25-27)18(28)24-16-7-6-14(20(21,22)23)8-15(16)12-4-5-12/h6-8,10,12H,4-5,9,11H2,1-3H3,(H,24,28). The van der Waals surface area contributed by atoms with Gasteiger partial charge in [-0.1, -0.05) is 0 Å². The number of rotatable bonds is 4. The van der Waals surface area contributed by atoms with E-state index in [1.807, 2.05) is 13.2 Å². The number of hydrogen-bond donors (Lipinski definition) is 1. The van der Waals surface area contributed by atoms with Gasteiger partial charge in [-0.2, -0.15) is 18.3 Å². The van der Waals surface area contributed by atoms with Gasteiger partial charge in [0.25, 0.3) is 5.91 Å². The molecule has 1 N–H and O–H groups in total. The molecule has 0 saturated heterocycles. The first kappa shape index (κ1) is 19.0. The number of anilines is 1. The Bertz CT molecular complexity index is 905. The van der Waals surface area contributed by atoms with Crippen molar-refractivity contribution in [2.45, 2.75) is 57.4 Å². The summed E-state index contributed by atoms with van der Waals surface area (Å²) in [7, 11) is 2.01. The van der Waals surface area contributed by atoms with Crippen LogP contribution in [0.4, 0.5) is 18.9 Å². The molecule has 1 aliphatic heterocycles. The number of carbonyl (C=O) groups is 1. The molecule has 0 atom stereocenters. The van der Waals surface area contributed by atoms with Gasteiger partial charge >= 0.3 is 6.18 Å². The zero-order valence-corrected chi connectivity index (χ0v) is 16.1. The normalized spacial score (nSPS) is 17.6. The first-order valence-electron chi connectivity index (χ1n) is 9.35. The first-order valence-corrected chi connectivity index (χ1v) is 9.35. The lowest BCUT2D eigenvalue weighted by Gasteiger charge is -2.25. The molecule has 2 heterocycles. The van der Waals surface area contributed by atoms with E-state index in [4.69, 9.17) is 0 Å². The first-order chi connectivity index (χ1) is 13.1. The van der Waals surface area contributed by atoms with E-state index >= 15 is 0 Å². The highest BCUT2D eigenvalue weighted by Gasteiger charge is 2.37. The van der Waals surface area contributed by atoms with Gasteiger partial charge in [0.2, 0.25) is 0 Å². The van der Waals surface area contributed by atoms with Gasteiger partial charge in [-0.3, -0.25) is 14.4 Å². The maximum atomic E-state index is 13.1. The van der Waals surface area contributed by atoms with Gasteiger partial charge < -0.3 is 5.32 Å². The van der Waals surface area contributed by atoms with Crippen LogP contribution < -0.4 is 5.32 Å². The number of nitrogens with one attached hydrogen (secondary N) is 1. The fraction of sp³-hybridized carbons (Fsp3) is 0.500. The monoisotopic (exact) mass is 392 g/mol. The minimum Gasteiger partial charge on any atom is -0.324 e. The van der Waals surface area contributed by atoms with Gasteiger partial charge in [0, 0.05) is 30.5 Å². The van der Waals surface area contributed by atoms with Crippen LogP contribution in [-0.2, 0) is 29.6 Å². The molecule has 2 aliphatic rings. The smallest absolute Gasteiger partial charge is 0.324 e. The number of fused-ring (bicyclic) bond motifs is 1. The van der Waals surface area contributed by atoms with Gasteiger partial charge in [-0.05, 0) is 63.4 Å². The van der Waals surface area contributed by atoms with Crippen LogP contribution in [0.1, 0.15) is 55.0 Å². The highest BCUT2D eigenvalue weighted by molar-refractivity contribution is 5.96. The van der Waals surface area contributed by atoms with Crippen molar-refractivity contribution < 1.29 is 18.0 Å². The molecule has 2 aromatic rings. The molecule has 28 heavy (non-hydrogen) atoms. The van der Waals surface area contributed by atoms with Crippen molar-refractivity contribution in [2.75, 3.05) is 12.4 Å². The van der Waals surface area contributed by atoms with Crippen molar-refractivity contribution >= 4 is 11.6 Å². The maximum Gasteiger partial charge on any atom is 0.416 e. The third-order valence-electron chi connectivity index (χ3n) is 5.51. The van der Waals surface area contributed by atoms with Crippen molar-refractivity contribution in [3.63, 3.8) is 0 Å². The molecule has 8 heteroatoms. The summed E-state index contributed by atoms with van der Waals surface area (Å²) in [6.07, 6.45) is -0.832. The topological polar surface area (TPSA) is 50.2 Å². The van der Waals surface area contributed by atoms with Gasteiger partial charge in [0.1, 0.15) is 5.54 Å². The molecular formula is C20H23F3N4O. The zero-order chi connectivity index (χ0) is 20.3. The Labute approximate surface area is 161 Å². The maximum absolute atomic E-state index is 13.1. The van der Waals surface area contributed by atoms with Crippen LogP contribution in [0.2, 0.25) is 0 Å². The Morgan fingerprint density at radius 1 is 1.21 bits per heavy atom. The highest BCUT2D eigenvalue weighted by atomic mass is 19.4. The van der Waals surface area contributed by atoms with Crippen LogP contribution in [0, 0.1) is 0 Å². The summed E-state index contributed by atoms with van der Waals surface area (Å²) in [5.41, 5.74) is 1.41. The molecule has 1 amide bonds. The number of aromatic nitrogens is 2. The Kier molecular flexibility index (Phi) is 4.30. The molecule has 1 fully saturated rings. The summed E-state index contributed by atoms with van der Waals surface area (Å²) in [6, 6.07) is 3.55. The summed E-state index contributed by atoms with van der Waals surface area (Å²) >= 11 is 0. The minimum absolute atomic E-state index is 0.0738. The summed E-state index contributed by atoms with van der Waals surface area (Å²) in [5, 5.41) is 7.40. The lowest BCUT2D eigenvalue weighted by atomic mass is 10.0. The van der Waals surface area contributed by atoms with Gasteiger partial charge in [-0.25, -0.2) is 0 Å². The van der Waals surface area contributed by atoms with Crippen LogP contribution in [0.25, 0.3) is 0 Å². The summed E-state index contributed by atoms with van der Waals surface area (Å²) in [4.78, 5) is 15.1. The van der Waals surface area contributed by atoms with Crippen LogP contribution in [0.15, 0.2) is 24.4 Å². The molecule has 0 radical (unpaired) electrons. The van der Waals surface area contributed by atoms with E-state index in [0.717, 1.165) is 43.3 Å². The number of hydrogen-bond acceptors (Lipinski definition) is 3. The number of benzene rings is 1. The second-order valence-electron chi connectivity index (χ2n) is 8.31. The lowest BCUT2D eigenvalue weighted by Crippen LogP contribution is -2.41. The van der Waals surface area contributed by atoms with Crippen LogP contribution in [-0.4, -0.2) is 27.6 Å². The van der Waals surface area contributed by atoms with Crippen LogP contribution in [0.5, 0.6) is 0 Å². The van der Waals surface area contributed by atoms with Crippen molar-refractivity contribution in [2.24, 2.45) is 0 Å². The molecule has 0 unspecified atom stereocenters.